The van der Waals surface area contributed by atoms with Crippen LogP contribution in [0.4, 0.5) is 0 Å². The van der Waals surface area contributed by atoms with Crippen LogP contribution < -0.4 is 5.73 Å². The molecule has 3 nitrogen and oxygen atoms in total. The van der Waals surface area contributed by atoms with Gasteiger partial charge in [-0.3, -0.25) is 0 Å². The summed E-state index contributed by atoms with van der Waals surface area (Å²) in [5.74, 6) is 0.601. The summed E-state index contributed by atoms with van der Waals surface area (Å²) in [4.78, 5) is 0. The second kappa shape index (κ2) is 2.58. The minimum atomic E-state index is -0.832. The largest absolute Gasteiger partial charge is 0.465 e. The molecule has 1 aromatic rings. The molecule has 1 aromatic heterocycles. The molecule has 3 N–H and O–H groups in total. The van der Waals surface area contributed by atoms with Gasteiger partial charge in [0.2, 0.25) is 0 Å². The summed E-state index contributed by atoms with van der Waals surface area (Å²) >= 11 is 3.30. The van der Waals surface area contributed by atoms with Crippen LogP contribution in [0.3, 0.4) is 0 Å². The van der Waals surface area contributed by atoms with Gasteiger partial charge in [-0.1, -0.05) is 0 Å². The van der Waals surface area contributed by atoms with E-state index < -0.39 is 5.60 Å². The maximum Gasteiger partial charge on any atom is 0.149 e. The number of hydrogen-bond donors (Lipinski definition) is 2. The van der Waals surface area contributed by atoms with Crippen LogP contribution in [0.1, 0.15) is 18.6 Å². The first-order valence-electron chi connectivity index (χ1n) is 3.83. The summed E-state index contributed by atoms with van der Waals surface area (Å²) in [7, 11) is 0. The maximum atomic E-state index is 9.92. The van der Waals surface area contributed by atoms with Crippen molar-refractivity contribution in [2.24, 2.45) is 5.73 Å². The van der Waals surface area contributed by atoms with E-state index >= 15 is 0 Å². The molecule has 0 radical (unpaired) electrons. The highest BCUT2D eigenvalue weighted by molar-refractivity contribution is 9.10. The summed E-state index contributed by atoms with van der Waals surface area (Å²) in [5.41, 5.74) is 4.76. The molecule has 0 unspecified atom stereocenters. The number of hydrogen-bond acceptors (Lipinski definition) is 3. The Balaban J connectivity index is 2.26. The van der Waals surface area contributed by atoms with E-state index in [0.717, 1.165) is 4.47 Å². The van der Waals surface area contributed by atoms with E-state index in [1.54, 1.807) is 12.3 Å². The second-order valence-corrected chi connectivity index (χ2v) is 4.15. The smallest absolute Gasteiger partial charge is 0.149 e. The zero-order chi connectivity index (χ0) is 8.77. The molecule has 2 rings (SSSR count). The molecule has 12 heavy (non-hydrogen) atoms. The predicted molar refractivity (Wildman–Crippen MR) is 47.5 cm³/mol. The molecule has 1 saturated carbocycles. The molecule has 0 bridgehead atoms. The van der Waals surface area contributed by atoms with Gasteiger partial charge in [-0.2, -0.15) is 0 Å². The highest BCUT2D eigenvalue weighted by Crippen LogP contribution is 2.43. The van der Waals surface area contributed by atoms with Crippen molar-refractivity contribution < 1.29 is 9.52 Å². The molecule has 1 heterocycles. The van der Waals surface area contributed by atoms with Crippen molar-refractivity contribution in [2.45, 2.75) is 24.5 Å². The molecule has 66 valence electrons. The normalized spacial score (nSPS) is 34.8. The lowest BCUT2D eigenvalue weighted by atomic mass is 9.75. The topological polar surface area (TPSA) is 59.4 Å². The Morgan fingerprint density at radius 1 is 1.67 bits per heavy atom. The minimum absolute atomic E-state index is 0.104. The van der Waals surface area contributed by atoms with Crippen molar-refractivity contribution in [3.63, 3.8) is 0 Å². The second-order valence-electron chi connectivity index (χ2n) is 3.30. The SMILES string of the molecule is NC1CC(O)(c2occc2Br)C1. The molecular weight excluding hydrogens is 222 g/mol. The van der Waals surface area contributed by atoms with E-state index in [9.17, 15) is 5.11 Å². The Bertz CT molecular complexity index is 291. The van der Waals surface area contributed by atoms with Crippen LogP contribution in [0.2, 0.25) is 0 Å². The van der Waals surface area contributed by atoms with E-state index in [1.807, 2.05) is 0 Å². The van der Waals surface area contributed by atoms with Crippen molar-refractivity contribution in [3.8, 4) is 0 Å². The molecule has 4 heteroatoms. The fourth-order valence-corrected chi connectivity index (χ4v) is 2.19. The van der Waals surface area contributed by atoms with Gasteiger partial charge in [0.1, 0.15) is 11.4 Å². The summed E-state index contributed by atoms with van der Waals surface area (Å²) in [6.07, 6.45) is 2.72. The Kier molecular flexibility index (Phi) is 1.78. The molecular formula is C8H10BrNO2. The summed E-state index contributed by atoms with van der Waals surface area (Å²) in [6, 6.07) is 1.88. The number of halogens is 1. The van der Waals surface area contributed by atoms with Gasteiger partial charge in [0.15, 0.2) is 0 Å². The van der Waals surface area contributed by atoms with Gasteiger partial charge in [0.25, 0.3) is 0 Å². The minimum Gasteiger partial charge on any atom is -0.465 e. The zero-order valence-corrected chi connectivity index (χ0v) is 8.04. The molecule has 0 aliphatic heterocycles. The molecule has 1 aliphatic rings. The predicted octanol–water partition coefficient (Wildman–Crippen LogP) is 1.35. The third-order valence-electron chi connectivity index (χ3n) is 2.24. The fraction of sp³-hybridized carbons (Fsp3) is 0.500. The highest BCUT2D eigenvalue weighted by atomic mass is 79.9. The van der Waals surface area contributed by atoms with E-state index in [0.29, 0.717) is 18.6 Å². The molecule has 0 spiro atoms. The molecule has 0 atom stereocenters. The van der Waals surface area contributed by atoms with Gasteiger partial charge in [0.05, 0.1) is 10.7 Å². The summed E-state index contributed by atoms with van der Waals surface area (Å²) < 4.78 is 5.98. The van der Waals surface area contributed by atoms with Crippen LogP contribution in [-0.2, 0) is 5.60 Å². The van der Waals surface area contributed by atoms with Crippen LogP contribution in [0.25, 0.3) is 0 Å². The molecule has 0 saturated heterocycles. The average Bonchev–Trinajstić information content (AvgIpc) is 2.32. The van der Waals surface area contributed by atoms with Crippen molar-refractivity contribution in [2.75, 3.05) is 0 Å². The Labute approximate surface area is 78.7 Å². The van der Waals surface area contributed by atoms with Crippen LogP contribution in [0.15, 0.2) is 21.2 Å². The van der Waals surface area contributed by atoms with E-state index in [1.165, 1.54) is 0 Å². The number of aliphatic hydroxyl groups is 1. The van der Waals surface area contributed by atoms with Crippen molar-refractivity contribution >= 4 is 15.9 Å². The van der Waals surface area contributed by atoms with Gasteiger partial charge in [-0.05, 0) is 34.8 Å². The van der Waals surface area contributed by atoms with Crippen molar-refractivity contribution in [1.29, 1.82) is 0 Å². The van der Waals surface area contributed by atoms with E-state index in [2.05, 4.69) is 15.9 Å². The number of furan rings is 1. The molecule has 1 aliphatic carbocycles. The third-order valence-corrected chi connectivity index (χ3v) is 2.86. The van der Waals surface area contributed by atoms with Crippen molar-refractivity contribution in [3.05, 3.63) is 22.6 Å². The average molecular weight is 232 g/mol. The first-order valence-corrected chi connectivity index (χ1v) is 4.62. The number of nitrogens with two attached hydrogens (primary N) is 1. The lowest BCUT2D eigenvalue weighted by Gasteiger charge is -2.40. The van der Waals surface area contributed by atoms with Gasteiger partial charge < -0.3 is 15.3 Å². The van der Waals surface area contributed by atoms with Crippen molar-refractivity contribution in [1.82, 2.24) is 0 Å². The Hall–Kier alpha value is -0.320. The van der Waals surface area contributed by atoms with Crippen LogP contribution in [-0.4, -0.2) is 11.1 Å². The Morgan fingerprint density at radius 3 is 2.75 bits per heavy atom. The number of rotatable bonds is 1. The molecule has 0 amide bonds. The standard InChI is InChI=1S/C8H10BrNO2/c9-6-1-2-12-7(6)8(11)3-5(10)4-8/h1-2,5,11H,3-4,10H2. The zero-order valence-electron chi connectivity index (χ0n) is 6.46. The molecule has 1 fully saturated rings. The molecule has 0 aromatic carbocycles. The lowest BCUT2D eigenvalue weighted by Crippen LogP contribution is -2.49. The van der Waals surface area contributed by atoms with E-state index in [-0.39, 0.29) is 6.04 Å². The van der Waals surface area contributed by atoms with E-state index in [4.69, 9.17) is 10.2 Å². The Morgan fingerprint density at radius 2 is 2.33 bits per heavy atom. The lowest BCUT2D eigenvalue weighted by molar-refractivity contribution is -0.0698. The quantitative estimate of drug-likeness (QED) is 0.768. The fourth-order valence-electron chi connectivity index (χ4n) is 1.62. The van der Waals surface area contributed by atoms with Gasteiger partial charge in [0, 0.05) is 6.04 Å². The van der Waals surface area contributed by atoms with Gasteiger partial charge >= 0.3 is 0 Å². The highest BCUT2D eigenvalue weighted by Gasteiger charge is 2.45. The maximum absolute atomic E-state index is 9.92. The van der Waals surface area contributed by atoms with Gasteiger partial charge in [-0.15, -0.1) is 0 Å². The van der Waals surface area contributed by atoms with Crippen LogP contribution in [0, 0.1) is 0 Å². The summed E-state index contributed by atoms with van der Waals surface area (Å²) in [6.45, 7) is 0. The first kappa shape index (κ1) is 8.29. The third kappa shape index (κ3) is 1.11. The first-order chi connectivity index (χ1) is 5.62. The van der Waals surface area contributed by atoms with Gasteiger partial charge in [-0.25, -0.2) is 0 Å². The van der Waals surface area contributed by atoms with Crippen LogP contribution in [0.5, 0.6) is 0 Å². The van der Waals surface area contributed by atoms with Crippen LogP contribution >= 0.6 is 15.9 Å². The monoisotopic (exact) mass is 231 g/mol. The summed E-state index contributed by atoms with van der Waals surface area (Å²) in [5, 5.41) is 9.92.